The molecule has 2 N–H and O–H groups in total. The van der Waals surface area contributed by atoms with Gasteiger partial charge in [-0.05, 0) is 31.0 Å². The standard InChI is InChI=1S/C17H16FN5O/c1-11-5-4-6-12(9-11)10-13(16-20-22-23-21-16)17(24)19-15-8-3-2-7-14(15)18/h2-9,13H,10H2,1H3,(H,19,24)(H,20,21,22,23)/t13-/m0/s1. The Kier molecular flexibility index (Phi) is 4.60. The second-order valence-corrected chi connectivity index (χ2v) is 5.48. The van der Waals surface area contributed by atoms with E-state index in [1.165, 1.54) is 12.1 Å². The Morgan fingerprint density at radius 3 is 2.79 bits per heavy atom. The summed E-state index contributed by atoms with van der Waals surface area (Å²) in [5.41, 5.74) is 2.18. The predicted octanol–water partition coefficient (Wildman–Crippen LogP) is 2.61. The summed E-state index contributed by atoms with van der Waals surface area (Å²) in [6.45, 7) is 1.98. The Balaban J connectivity index is 1.85. The van der Waals surface area contributed by atoms with Crippen LogP contribution in [0.4, 0.5) is 10.1 Å². The average Bonchev–Trinajstić information content (AvgIpc) is 3.09. The molecule has 0 fully saturated rings. The molecule has 1 atom stereocenters. The van der Waals surface area contributed by atoms with E-state index in [4.69, 9.17) is 0 Å². The molecule has 0 unspecified atom stereocenters. The molecule has 0 radical (unpaired) electrons. The molecule has 0 bridgehead atoms. The molecule has 0 saturated carbocycles. The van der Waals surface area contributed by atoms with Crippen LogP contribution in [0.2, 0.25) is 0 Å². The normalized spacial score (nSPS) is 11.9. The van der Waals surface area contributed by atoms with Crippen molar-refractivity contribution in [2.24, 2.45) is 0 Å². The van der Waals surface area contributed by atoms with Crippen LogP contribution in [0.1, 0.15) is 22.9 Å². The first kappa shape index (κ1) is 15.8. The number of para-hydroxylation sites is 1. The molecule has 0 aliphatic carbocycles. The van der Waals surface area contributed by atoms with Crippen LogP contribution in [0, 0.1) is 12.7 Å². The highest BCUT2D eigenvalue weighted by molar-refractivity contribution is 5.95. The molecule has 6 nitrogen and oxygen atoms in total. The van der Waals surface area contributed by atoms with E-state index in [1.54, 1.807) is 12.1 Å². The van der Waals surface area contributed by atoms with Gasteiger partial charge in [-0.15, -0.1) is 10.2 Å². The van der Waals surface area contributed by atoms with Gasteiger partial charge in [-0.3, -0.25) is 4.79 Å². The number of halogens is 1. The van der Waals surface area contributed by atoms with Crippen molar-refractivity contribution in [2.75, 3.05) is 5.32 Å². The number of rotatable bonds is 5. The van der Waals surface area contributed by atoms with Crippen LogP contribution in [0.5, 0.6) is 0 Å². The molecule has 0 saturated heterocycles. The average molecular weight is 325 g/mol. The molecular weight excluding hydrogens is 309 g/mol. The third-order valence-electron chi connectivity index (χ3n) is 3.64. The SMILES string of the molecule is Cc1cccc(C[C@H](C(=O)Nc2ccccc2F)c2nn[nH]n2)c1. The van der Waals surface area contributed by atoms with Crippen molar-refractivity contribution in [2.45, 2.75) is 19.3 Å². The third kappa shape index (κ3) is 3.62. The summed E-state index contributed by atoms with van der Waals surface area (Å²) in [5.74, 6) is -1.29. The number of hydrogen-bond acceptors (Lipinski definition) is 4. The third-order valence-corrected chi connectivity index (χ3v) is 3.64. The Labute approximate surface area is 138 Å². The number of aromatic nitrogens is 4. The number of aryl methyl sites for hydroxylation is 1. The lowest BCUT2D eigenvalue weighted by molar-refractivity contribution is -0.117. The van der Waals surface area contributed by atoms with Crippen molar-refractivity contribution in [3.8, 4) is 0 Å². The first-order valence-corrected chi connectivity index (χ1v) is 7.48. The molecular formula is C17H16FN5O. The Morgan fingerprint density at radius 2 is 2.08 bits per heavy atom. The second kappa shape index (κ2) is 6.99. The number of nitrogens with one attached hydrogen (secondary N) is 2. The lowest BCUT2D eigenvalue weighted by Crippen LogP contribution is -2.24. The first-order chi connectivity index (χ1) is 11.6. The highest BCUT2D eigenvalue weighted by atomic mass is 19.1. The van der Waals surface area contributed by atoms with E-state index in [1.807, 2.05) is 31.2 Å². The molecule has 122 valence electrons. The minimum absolute atomic E-state index is 0.125. The highest BCUT2D eigenvalue weighted by Gasteiger charge is 2.26. The number of benzene rings is 2. The topological polar surface area (TPSA) is 83.6 Å². The van der Waals surface area contributed by atoms with Crippen LogP contribution in [0.15, 0.2) is 48.5 Å². The van der Waals surface area contributed by atoms with E-state index in [0.29, 0.717) is 6.42 Å². The fourth-order valence-corrected chi connectivity index (χ4v) is 2.48. The molecule has 0 aliphatic heterocycles. The summed E-state index contributed by atoms with van der Waals surface area (Å²) in [6.07, 6.45) is 0.390. The van der Waals surface area contributed by atoms with Crippen molar-refractivity contribution in [1.82, 2.24) is 20.6 Å². The molecule has 0 aliphatic rings. The highest BCUT2D eigenvalue weighted by Crippen LogP contribution is 2.21. The summed E-state index contributed by atoms with van der Waals surface area (Å²) in [5, 5.41) is 16.3. The molecule has 1 amide bonds. The molecule has 1 heterocycles. The van der Waals surface area contributed by atoms with E-state index >= 15 is 0 Å². The van der Waals surface area contributed by atoms with Gasteiger partial charge in [-0.1, -0.05) is 47.2 Å². The summed E-state index contributed by atoms with van der Waals surface area (Å²) in [4.78, 5) is 12.7. The second-order valence-electron chi connectivity index (χ2n) is 5.48. The van der Waals surface area contributed by atoms with Gasteiger partial charge in [0.2, 0.25) is 5.91 Å². The number of carbonyl (C=O) groups excluding carboxylic acids is 1. The number of tetrazole rings is 1. The Morgan fingerprint density at radius 1 is 1.25 bits per heavy atom. The van der Waals surface area contributed by atoms with Gasteiger partial charge in [-0.2, -0.15) is 5.21 Å². The number of anilines is 1. The maximum absolute atomic E-state index is 13.8. The number of amides is 1. The zero-order valence-corrected chi connectivity index (χ0v) is 13.0. The summed E-state index contributed by atoms with van der Waals surface area (Å²) >= 11 is 0. The van der Waals surface area contributed by atoms with Gasteiger partial charge in [0.1, 0.15) is 11.7 Å². The first-order valence-electron chi connectivity index (χ1n) is 7.48. The van der Waals surface area contributed by atoms with Gasteiger partial charge in [0, 0.05) is 0 Å². The lowest BCUT2D eigenvalue weighted by atomic mass is 9.96. The summed E-state index contributed by atoms with van der Waals surface area (Å²) < 4.78 is 13.8. The van der Waals surface area contributed by atoms with E-state index in [-0.39, 0.29) is 17.4 Å². The van der Waals surface area contributed by atoms with Crippen LogP contribution in [-0.4, -0.2) is 26.5 Å². The van der Waals surface area contributed by atoms with E-state index in [0.717, 1.165) is 11.1 Å². The van der Waals surface area contributed by atoms with Gasteiger partial charge in [-0.25, -0.2) is 4.39 Å². The molecule has 7 heteroatoms. The number of hydrogen-bond donors (Lipinski definition) is 2. The van der Waals surface area contributed by atoms with Gasteiger partial charge in [0.15, 0.2) is 5.82 Å². The largest absolute Gasteiger partial charge is 0.323 e. The van der Waals surface area contributed by atoms with Crippen molar-refractivity contribution in [3.05, 3.63) is 71.3 Å². The maximum Gasteiger partial charge on any atom is 0.235 e. The van der Waals surface area contributed by atoms with Crippen molar-refractivity contribution in [1.29, 1.82) is 0 Å². The number of carbonyl (C=O) groups is 1. The van der Waals surface area contributed by atoms with Crippen LogP contribution < -0.4 is 5.32 Å². The minimum Gasteiger partial charge on any atom is -0.323 e. The zero-order chi connectivity index (χ0) is 16.9. The molecule has 24 heavy (non-hydrogen) atoms. The van der Waals surface area contributed by atoms with E-state index in [9.17, 15) is 9.18 Å². The predicted molar refractivity (Wildman–Crippen MR) is 86.8 cm³/mol. The van der Waals surface area contributed by atoms with E-state index in [2.05, 4.69) is 25.9 Å². The summed E-state index contributed by atoms with van der Waals surface area (Å²) in [7, 11) is 0. The van der Waals surface area contributed by atoms with E-state index < -0.39 is 11.7 Å². The minimum atomic E-state index is -0.676. The number of nitrogens with zero attached hydrogens (tertiary/aromatic N) is 3. The smallest absolute Gasteiger partial charge is 0.235 e. The van der Waals surface area contributed by atoms with Crippen LogP contribution in [0.25, 0.3) is 0 Å². The van der Waals surface area contributed by atoms with Crippen molar-refractivity contribution in [3.63, 3.8) is 0 Å². The van der Waals surface area contributed by atoms with Crippen molar-refractivity contribution >= 4 is 11.6 Å². The van der Waals surface area contributed by atoms with Crippen LogP contribution >= 0.6 is 0 Å². The maximum atomic E-state index is 13.8. The number of aromatic amines is 1. The van der Waals surface area contributed by atoms with Crippen molar-refractivity contribution < 1.29 is 9.18 Å². The van der Waals surface area contributed by atoms with Crippen LogP contribution in [0.3, 0.4) is 0 Å². The zero-order valence-electron chi connectivity index (χ0n) is 13.0. The molecule has 0 spiro atoms. The molecule has 1 aromatic heterocycles. The van der Waals surface area contributed by atoms with Gasteiger partial charge < -0.3 is 5.32 Å². The number of H-pyrrole nitrogens is 1. The monoisotopic (exact) mass is 325 g/mol. The molecule has 2 aromatic carbocycles. The lowest BCUT2D eigenvalue weighted by Gasteiger charge is -2.14. The Hall–Kier alpha value is -3.09. The van der Waals surface area contributed by atoms with Gasteiger partial charge >= 0.3 is 0 Å². The van der Waals surface area contributed by atoms with Crippen LogP contribution in [-0.2, 0) is 11.2 Å². The Bertz CT molecular complexity index is 835. The summed E-state index contributed by atoms with van der Waals surface area (Å²) in [6, 6.07) is 13.8. The fourth-order valence-electron chi connectivity index (χ4n) is 2.48. The quantitative estimate of drug-likeness (QED) is 0.755. The van der Waals surface area contributed by atoms with Gasteiger partial charge in [0.05, 0.1) is 5.69 Å². The molecule has 3 aromatic rings. The fraction of sp³-hybridized carbons (Fsp3) is 0.176. The van der Waals surface area contributed by atoms with Gasteiger partial charge in [0.25, 0.3) is 0 Å². The molecule has 3 rings (SSSR count).